The summed E-state index contributed by atoms with van der Waals surface area (Å²) in [5, 5.41) is 2.75. The van der Waals surface area contributed by atoms with E-state index >= 15 is 0 Å². The molecule has 0 saturated carbocycles. The number of methoxy groups -OCH3 is 1. The smallest absolute Gasteiger partial charge is 0.274 e. The number of hydrogen-bond acceptors (Lipinski definition) is 5. The summed E-state index contributed by atoms with van der Waals surface area (Å²) in [4.78, 5) is 31.6. The summed E-state index contributed by atoms with van der Waals surface area (Å²) in [6.07, 6.45) is 0.385. The number of hydrogen-bond donors (Lipinski definition) is 2. The van der Waals surface area contributed by atoms with Crippen LogP contribution < -0.4 is 20.3 Å². The minimum Gasteiger partial charge on any atom is -0.497 e. The summed E-state index contributed by atoms with van der Waals surface area (Å²) in [5.74, 6) is 1.23. The van der Waals surface area contributed by atoms with E-state index < -0.39 is 5.91 Å². The van der Waals surface area contributed by atoms with E-state index in [1.165, 1.54) is 6.07 Å². The number of nitrogens with one attached hydrogen (secondary N) is 2. The molecule has 7 nitrogen and oxygen atoms in total. The van der Waals surface area contributed by atoms with Crippen LogP contribution in [0.25, 0.3) is 0 Å². The fraction of sp³-hybridized carbons (Fsp3) is 0.190. The lowest BCUT2D eigenvalue weighted by Crippen LogP contribution is -2.20. The van der Waals surface area contributed by atoms with Crippen molar-refractivity contribution in [3.05, 3.63) is 82.0 Å². The van der Waals surface area contributed by atoms with Gasteiger partial charge in [0.1, 0.15) is 23.0 Å². The van der Waals surface area contributed by atoms with Crippen LogP contribution in [0, 0.1) is 0 Å². The zero-order chi connectivity index (χ0) is 19.9. The molecule has 1 amide bonds. The Bertz CT molecular complexity index is 1010. The molecule has 2 aromatic carbocycles. The Hall–Kier alpha value is -3.61. The van der Waals surface area contributed by atoms with Gasteiger partial charge in [0.15, 0.2) is 0 Å². The van der Waals surface area contributed by atoms with E-state index in [1.54, 1.807) is 25.3 Å². The predicted octanol–water partition coefficient (Wildman–Crippen LogP) is 3.02. The first-order valence-electron chi connectivity index (χ1n) is 8.85. The first-order valence-corrected chi connectivity index (χ1v) is 8.85. The molecule has 1 aromatic heterocycles. The summed E-state index contributed by atoms with van der Waals surface area (Å²) in [5.41, 5.74) is 1.11. The average Bonchev–Trinajstić information content (AvgIpc) is 2.70. The lowest BCUT2D eigenvalue weighted by Gasteiger charge is -2.11. The number of benzene rings is 2. The standard InChI is InChI=1S/C21H21N3O4/c1-3-28-18-7-5-4-6-16(18)23-21(26)17-13-20(25)24-19(22-17)12-14-8-10-15(27-2)11-9-14/h4-11,13H,3,12H2,1-2H3,(H,23,26)(H,22,24,25). The second kappa shape index (κ2) is 8.85. The number of aromatic amines is 1. The van der Waals surface area contributed by atoms with Crippen LogP contribution >= 0.6 is 0 Å². The normalized spacial score (nSPS) is 10.4. The molecule has 0 saturated heterocycles. The van der Waals surface area contributed by atoms with Crippen molar-refractivity contribution in [1.29, 1.82) is 0 Å². The molecule has 3 rings (SSSR count). The van der Waals surface area contributed by atoms with Crippen LogP contribution in [0.5, 0.6) is 11.5 Å². The maximum Gasteiger partial charge on any atom is 0.274 e. The number of carbonyl (C=O) groups is 1. The third kappa shape index (κ3) is 4.76. The molecule has 144 valence electrons. The largest absolute Gasteiger partial charge is 0.497 e. The molecule has 3 aromatic rings. The molecule has 0 fully saturated rings. The highest BCUT2D eigenvalue weighted by molar-refractivity contribution is 6.03. The van der Waals surface area contributed by atoms with E-state index in [9.17, 15) is 9.59 Å². The van der Waals surface area contributed by atoms with Crippen LogP contribution in [0.3, 0.4) is 0 Å². The number of anilines is 1. The van der Waals surface area contributed by atoms with Crippen molar-refractivity contribution in [1.82, 2.24) is 9.97 Å². The van der Waals surface area contributed by atoms with Gasteiger partial charge >= 0.3 is 0 Å². The van der Waals surface area contributed by atoms with Gasteiger partial charge in [0.25, 0.3) is 11.5 Å². The summed E-state index contributed by atoms with van der Waals surface area (Å²) < 4.78 is 10.6. The van der Waals surface area contributed by atoms with E-state index in [0.717, 1.165) is 11.3 Å². The molecule has 0 spiro atoms. The van der Waals surface area contributed by atoms with Crippen molar-refractivity contribution >= 4 is 11.6 Å². The molecule has 0 unspecified atom stereocenters. The molecular formula is C21H21N3O4. The minimum atomic E-state index is -0.478. The predicted molar refractivity (Wildman–Crippen MR) is 106 cm³/mol. The zero-order valence-corrected chi connectivity index (χ0v) is 15.7. The van der Waals surface area contributed by atoms with Gasteiger partial charge in [0.2, 0.25) is 0 Å². The number of aromatic nitrogens is 2. The number of carbonyl (C=O) groups excluding carboxylic acids is 1. The van der Waals surface area contributed by atoms with E-state index in [1.807, 2.05) is 37.3 Å². The van der Waals surface area contributed by atoms with E-state index in [4.69, 9.17) is 9.47 Å². The van der Waals surface area contributed by atoms with Crippen molar-refractivity contribution in [2.45, 2.75) is 13.3 Å². The van der Waals surface area contributed by atoms with E-state index in [2.05, 4.69) is 15.3 Å². The Balaban J connectivity index is 1.80. The molecule has 0 atom stereocenters. The molecule has 2 N–H and O–H groups in total. The fourth-order valence-electron chi connectivity index (χ4n) is 2.68. The van der Waals surface area contributed by atoms with Crippen LogP contribution in [0.2, 0.25) is 0 Å². The Labute approximate surface area is 162 Å². The van der Waals surface area contributed by atoms with Crippen molar-refractivity contribution in [3.63, 3.8) is 0 Å². The molecule has 7 heteroatoms. The SMILES string of the molecule is CCOc1ccccc1NC(=O)c1cc(=O)[nH]c(Cc2ccc(OC)cc2)n1. The minimum absolute atomic E-state index is 0.0403. The highest BCUT2D eigenvalue weighted by Crippen LogP contribution is 2.24. The van der Waals surface area contributed by atoms with Crippen LogP contribution in [0.4, 0.5) is 5.69 Å². The van der Waals surface area contributed by atoms with Crippen LogP contribution in [-0.4, -0.2) is 29.6 Å². The summed E-state index contributed by atoms with van der Waals surface area (Å²) in [6, 6.07) is 15.7. The second-order valence-corrected chi connectivity index (χ2v) is 5.99. The van der Waals surface area contributed by atoms with Crippen molar-refractivity contribution in [2.24, 2.45) is 0 Å². The summed E-state index contributed by atoms with van der Waals surface area (Å²) in [6.45, 7) is 2.34. The molecule has 0 radical (unpaired) electrons. The summed E-state index contributed by atoms with van der Waals surface area (Å²) in [7, 11) is 1.60. The fourth-order valence-corrected chi connectivity index (χ4v) is 2.68. The molecule has 28 heavy (non-hydrogen) atoms. The number of amides is 1. The number of nitrogens with zero attached hydrogens (tertiary/aromatic N) is 1. The van der Waals surface area contributed by atoms with Gasteiger partial charge in [0.05, 0.1) is 19.4 Å². The van der Waals surface area contributed by atoms with Gasteiger partial charge in [-0.15, -0.1) is 0 Å². The van der Waals surface area contributed by atoms with Gasteiger partial charge in [-0.25, -0.2) is 4.98 Å². The Morgan fingerprint density at radius 3 is 2.61 bits per heavy atom. The second-order valence-electron chi connectivity index (χ2n) is 5.99. The average molecular weight is 379 g/mol. The summed E-state index contributed by atoms with van der Waals surface area (Å²) >= 11 is 0. The van der Waals surface area contributed by atoms with Crippen molar-refractivity contribution < 1.29 is 14.3 Å². The Morgan fingerprint density at radius 2 is 1.89 bits per heavy atom. The third-order valence-corrected chi connectivity index (χ3v) is 3.99. The maximum atomic E-state index is 12.6. The van der Waals surface area contributed by atoms with Crippen molar-refractivity contribution in [3.8, 4) is 11.5 Å². The number of H-pyrrole nitrogens is 1. The zero-order valence-electron chi connectivity index (χ0n) is 15.7. The van der Waals surface area contributed by atoms with Gasteiger partial charge in [-0.05, 0) is 36.8 Å². The van der Waals surface area contributed by atoms with Gasteiger partial charge in [0, 0.05) is 12.5 Å². The van der Waals surface area contributed by atoms with E-state index in [-0.39, 0.29) is 11.3 Å². The maximum absolute atomic E-state index is 12.6. The molecule has 0 aliphatic heterocycles. The quantitative estimate of drug-likeness (QED) is 0.658. The Morgan fingerprint density at radius 1 is 1.14 bits per heavy atom. The topological polar surface area (TPSA) is 93.3 Å². The molecule has 1 heterocycles. The number of rotatable bonds is 7. The monoisotopic (exact) mass is 379 g/mol. The first kappa shape index (κ1) is 19.2. The molecule has 0 aliphatic carbocycles. The number of para-hydroxylation sites is 2. The molecular weight excluding hydrogens is 358 g/mol. The number of ether oxygens (including phenoxy) is 2. The van der Waals surface area contributed by atoms with E-state index in [0.29, 0.717) is 30.3 Å². The lowest BCUT2D eigenvalue weighted by atomic mass is 10.1. The van der Waals surface area contributed by atoms with Gasteiger partial charge < -0.3 is 19.8 Å². The third-order valence-electron chi connectivity index (χ3n) is 3.99. The highest BCUT2D eigenvalue weighted by Gasteiger charge is 2.13. The lowest BCUT2D eigenvalue weighted by molar-refractivity contribution is 0.102. The van der Waals surface area contributed by atoms with Crippen LogP contribution in [0.15, 0.2) is 59.4 Å². The van der Waals surface area contributed by atoms with Crippen LogP contribution in [0.1, 0.15) is 28.8 Å². The highest BCUT2D eigenvalue weighted by atomic mass is 16.5. The Kier molecular flexibility index (Phi) is 6.06. The van der Waals surface area contributed by atoms with Crippen LogP contribution in [-0.2, 0) is 6.42 Å². The first-order chi connectivity index (χ1) is 13.6. The molecule has 0 aliphatic rings. The molecule has 0 bridgehead atoms. The van der Waals surface area contributed by atoms with Gasteiger partial charge in [-0.2, -0.15) is 0 Å². The van der Waals surface area contributed by atoms with Gasteiger partial charge in [-0.3, -0.25) is 9.59 Å². The van der Waals surface area contributed by atoms with Gasteiger partial charge in [-0.1, -0.05) is 24.3 Å². The van der Waals surface area contributed by atoms with Crippen molar-refractivity contribution in [2.75, 3.05) is 19.0 Å².